The highest BCUT2D eigenvalue weighted by Gasteiger charge is 2.56. The molecule has 1 amide bonds. The second-order valence-corrected chi connectivity index (χ2v) is 4.51. The zero-order valence-electron chi connectivity index (χ0n) is 10.3. The molecule has 1 aliphatic carbocycles. The summed E-state index contributed by atoms with van der Waals surface area (Å²) in [5.41, 5.74) is 5.23. The predicted molar refractivity (Wildman–Crippen MR) is 58.6 cm³/mol. The van der Waals surface area contributed by atoms with E-state index >= 15 is 0 Å². The average molecular weight is 273 g/mol. The van der Waals surface area contributed by atoms with Gasteiger partial charge in [-0.15, -0.1) is 0 Å². The number of hydrogen-bond donors (Lipinski definition) is 2. The highest BCUT2D eigenvalue weighted by Crippen LogP contribution is 2.37. The highest BCUT2D eigenvalue weighted by molar-refractivity contribution is 5.81. The van der Waals surface area contributed by atoms with Crippen molar-refractivity contribution >= 4 is 18.0 Å². The van der Waals surface area contributed by atoms with Gasteiger partial charge in [0.1, 0.15) is 6.10 Å². The number of carbonyl (C=O) groups excluding carboxylic acids is 3. The van der Waals surface area contributed by atoms with Crippen LogP contribution in [0.3, 0.4) is 0 Å². The number of fused-ring (bicyclic) bond motifs is 1. The van der Waals surface area contributed by atoms with Crippen LogP contribution in [0.4, 0.5) is 4.79 Å². The van der Waals surface area contributed by atoms with Crippen molar-refractivity contribution in [2.45, 2.75) is 31.7 Å². The smallest absolute Gasteiger partial charge is 0.466 e. The van der Waals surface area contributed by atoms with Crippen molar-refractivity contribution in [3.05, 3.63) is 0 Å². The summed E-state index contributed by atoms with van der Waals surface area (Å²) in [5, 5.41) is 10.0. The molecule has 0 bridgehead atoms. The summed E-state index contributed by atoms with van der Waals surface area (Å²) < 4.78 is 14.4. The molecule has 0 aromatic rings. The van der Waals surface area contributed by atoms with Gasteiger partial charge < -0.3 is 25.1 Å². The fraction of sp³-hybridized carbons (Fsp3) is 0.727. The molecule has 0 aromatic heterocycles. The summed E-state index contributed by atoms with van der Waals surface area (Å²) in [6.45, 7) is 1.77. The Bertz CT molecular complexity index is 410. The molecule has 2 aliphatic rings. The topological polar surface area (TPSA) is 125 Å². The van der Waals surface area contributed by atoms with E-state index in [4.69, 9.17) is 19.9 Å². The Morgan fingerprint density at radius 3 is 2.58 bits per heavy atom. The van der Waals surface area contributed by atoms with Gasteiger partial charge in [0, 0.05) is 0 Å². The molecule has 2 rings (SSSR count). The van der Waals surface area contributed by atoms with Gasteiger partial charge in [0.25, 0.3) is 0 Å². The van der Waals surface area contributed by atoms with Crippen LogP contribution in [-0.2, 0) is 23.8 Å². The molecule has 0 spiro atoms. The molecular weight excluding hydrogens is 258 g/mol. The standard InChI is InChI=1S/C11H15NO7/c1-2-17-10(15)4-3-5(9(12)14)7-8(6(4)13)19-11(16)18-7/h4-8,13H,2-3H2,1H3,(H2,12,14)/t4-,5-,6+,7+,8-/m1/s1. The highest BCUT2D eigenvalue weighted by atomic mass is 16.8. The molecule has 3 N–H and O–H groups in total. The third kappa shape index (κ3) is 2.35. The van der Waals surface area contributed by atoms with Crippen LogP contribution in [0.5, 0.6) is 0 Å². The summed E-state index contributed by atoms with van der Waals surface area (Å²) in [7, 11) is 0. The van der Waals surface area contributed by atoms with Crippen molar-refractivity contribution in [1.29, 1.82) is 0 Å². The number of rotatable bonds is 3. The van der Waals surface area contributed by atoms with Gasteiger partial charge in [-0.25, -0.2) is 4.79 Å². The molecule has 0 radical (unpaired) electrons. The molecule has 19 heavy (non-hydrogen) atoms. The molecule has 1 saturated heterocycles. The fourth-order valence-electron chi connectivity index (χ4n) is 2.50. The molecule has 1 aliphatic heterocycles. The molecule has 8 heteroatoms. The Hall–Kier alpha value is -1.83. The lowest BCUT2D eigenvalue weighted by Crippen LogP contribution is -2.55. The van der Waals surface area contributed by atoms with E-state index in [2.05, 4.69) is 0 Å². The van der Waals surface area contributed by atoms with Crippen molar-refractivity contribution < 1.29 is 33.7 Å². The molecule has 0 aromatic carbocycles. The second kappa shape index (κ2) is 5.04. The zero-order valence-corrected chi connectivity index (χ0v) is 10.3. The minimum absolute atomic E-state index is 0.0346. The Kier molecular flexibility index (Phi) is 3.61. The lowest BCUT2D eigenvalue weighted by atomic mass is 9.75. The number of aliphatic hydroxyl groups is 1. The largest absolute Gasteiger partial charge is 0.509 e. The van der Waals surface area contributed by atoms with Crippen LogP contribution in [0.2, 0.25) is 0 Å². The van der Waals surface area contributed by atoms with Gasteiger partial charge >= 0.3 is 12.1 Å². The Balaban J connectivity index is 2.22. The van der Waals surface area contributed by atoms with Crippen LogP contribution in [0, 0.1) is 11.8 Å². The van der Waals surface area contributed by atoms with Crippen molar-refractivity contribution in [1.82, 2.24) is 0 Å². The van der Waals surface area contributed by atoms with Crippen LogP contribution in [0.1, 0.15) is 13.3 Å². The van der Waals surface area contributed by atoms with Gasteiger partial charge in [0.2, 0.25) is 5.91 Å². The van der Waals surface area contributed by atoms with Crippen LogP contribution in [-0.4, -0.2) is 48.1 Å². The second-order valence-electron chi connectivity index (χ2n) is 4.51. The molecule has 1 heterocycles. The molecule has 5 atom stereocenters. The van der Waals surface area contributed by atoms with Crippen LogP contribution in [0.25, 0.3) is 0 Å². The zero-order chi connectivity index (χ0) is 14.2. The summed E-state index contributed by atoms with van der Waals surface area (Å²) in [4.78, 5) is 34.2. The number of hydrogen-bond acceptors (Lipinski definition) is 7. The quantitative estimate of drug-likeness (QED) is 0.627. The first-order valence-corrected chi connectivity index (χ1v) is 5.97. The van der Waals surface area contributed by atoms with E-state index in [1.807, 2.05) is 0 Å². The lowest BCUT2D eigenvalue weighted by molar-refractivity contribution is -0.163. The van der Waals surface area contributed by atoms with Crippen LogP contribution < -0.4 is 5.73 Å². The van der Waals surface area contributed by atoms with E-state index in [1.54, 1.807) is 6.92 Å². The van der Waals surface area contributed by atoms with Gasteiger partial charge in [-0.05, 0) is 13.3 Å². The summed E-state index contributed by atoms with van der Waals surface area (Å²) >= 11 is 0. The van der Waals surface area contributed by atoms with Gasteiger partial charge in [-0.2, -0.15) is 0 Å². The van der Waals surface area contributed by atoms with Gasteiger partial charge in [0.15, 0.2) is 12.2 Å². The van der Waals surface area contributed by atoms with Gasteiger partial charge in [-0.3, -0.25) is 9.59 Å². The molecule has 8 nitrogen and oxygen atoms in total. The van der Waals surface area contributed by atoms with E-state index in [1.165, 1.54) is 0 Å². The van der Waals surface area contributed by atoms with Crippen molar-refractivity contribution in [2.24, 2.45) is 17.6 Å². The SMILES string of the molecule is CCOC(=O)[C@@H]1C[C@@H](C(N)=O)[C@@H]2OC(=O)O[C@@H]2[C@H]1O. The van der Waals surface area contributed by atoms with Gasteiger partial charge in [-0.1, -0.05) is 0 Å². The molecular formula is C11H15NO7. The molecule has 1 saturated carbocycles. The number of nitrogens with two attached hydrogens (primary N) is 1. The summed E-state index contributed by atoms with van der Waals surface area (Å²) in [5.74, 6) is -3.21. The maximum Gasteiger partial charge on any atom is 0.509 e. The van der Waals surface area contributed by atoms with E-state index in [0.717, 1.165) is 0 Å². The maximum atomic E-state index is 11.7. The fourth-order valence-corrected chi connectivity index (χ4v) is 2.50. The molecule has 2 fully saturated rings. The first kappa shape index (κ1) is 13.6. The van der Waals surface area contributed by atoms with Gasteiger partial charge in [0.05, 0.1) is 18.4 Å². The third-order valence-electron chi connectivity index (χ3n) is 3.40. The maximum absolute atomic E-state index is 11.7. The van der Waals surface area contributed by atoms with E-state index < -0.39 is 48.2 Å². The Morgan fingerprint density at radius 2 is 2.00 bits per heavy atom. The van der Waals surface area contributed by atoms with E-state index in [9.17, 15) is 19.5 Å². The number of amides is 1. The third-order valence-corrected chi connectivity index (χ3v) is 3.40. The van der Waals surface area contributed by atoms with Crippen molar-refractivity contribution in [3.63, 3.8) is 0 Å². The number of primary amides is 1. The average Bonchev–Trinajstić information content (AvgIpc) is 2.71. The number of aliphatic hydroxyl groups excluding tert-OH is 1. The normalized spacial score (nSPS) is 36.9. The van der Waals surface area contributed by atoms with Crippen molar-refractivity contribution in [2.75, 3.05) is 6.61 Å². The Labute approximate surface area is 108 Å². The number of ether oxygens (including phenoxy) is 3. The number of esters is 1. The monoisotopic (exact) mass is 273 g/mol. The Morgan fingerprint density at radius 1 is 1.37 bits per heavy atom. The van der Waals surface area contributed by atoms with E-state index in [-0.39, 0.29) is 13.0 Å². The number of carbonyl (C=O) groups is 3. The molecule has 0 unspecified atom stereocenters. The van der Waals surface area contributed by atoms with E-state index in [0.29, 0.717) is 0 Å². The minimum Gasteiger partial charge on any atom is -0.466 e. The lowest BCUT2D eigenvalue weighted by Gasteiger charge is -2.36. The summed E-state index contributed by atoms with van der Waals surface area (Å²) in [6.07, 6.45) is -4.32. The first-order chi connectivity index (χ1) is 8.95. The van der Waals surface area contributed by atoms with Crippen LogP contribution >= 0.6 is 0 Å². The predicted octanol–water partition coefficient (Wildman–Crippen LogP) is -1.06. The van der Waals surface area contributed by atoms with Crippen molar-refractivity contribution in [3.8, 4) is 0 Å². The minimum atomic E-state index is -1.27. The molecule has 106 valence electrons. The van der Waals surface area contributed by atoms with Crippen LogP contribution in [0.15, 0.2) is 0 Å². The summed E-state index contributed by atoms with van der Waals surface area (Å²) in [6, 6.07) is 0. The first-order valence-electron chi connectivity index (χ1n) is 5.97.